The number of ether oxygens (including phenoxy) is 2. The number of benzene rings is 2. The van der Waals surface area contributed by atoms with Gasteiger partial charge in [0, 0.05) is 30.2 Å². The van der Waals surface area contributed by atoms with E-state index in [1.807, 2.05) is 52.1 Å². The summed E-state index contributed by atoms with van der Waals surface area (Å²) in [4.78, 5) is 75.6. The van der Waals surface area contributed by atoms with Crippen molar-refractivity contribution in [3.05, 3.63) is 66.5 Å². The van der Waals surface area contributed by atoms with Gasteiger partial charge in [0.1, 0.15) is 23.9 Å². The van der Waals surface area contributed by atoms with Crippen LogP contribution < -0.4 is 16.0 Å². The number of hydrogen-bond acceptors (Lipinski definition) is 9. The summed E-state index contributed by atoms with van der Waals surface area (Å²) in [6.45, 7) is 8.77. The van der Waals surface area contributed by atoms with E-state index >= 15 is 0 Å². The van der Waals surface area contributed by atoms with E-state index in [-0.39, 0.29) is 35.9 Å². The summed E-state index contributed by atoms with van der Waals surface area (Å²) in [6.07, 6.45) is 4.97. The molecule has 3 aromatic heterocycles. The molecule has 2 aliphatic heterocycles. The number of hydrogen-bond donors (Lipinski definition) is 5. The average molecular weight is 779 g/mol. The summed E-state index contributed by atoms with van der Waals surface area (Å²) in [5, 5.41) is 9.29. The molecule has 2 fully saturated rings. The molecular weight excluding hydrogens is 729 g/mol. The number of rotatable bonds is 10. The number of H-pyrrole nitrogens is 2. The maximum Gasteiger partial charge on any atom is 0.408 e. The van der Waals surface area contributed by atoms with Gasteiger partial charge in [-0.3, -0.25) is 9.78 Å². The van der Waals surface area contributed by atoms with Gasteiger partial charge in [0.15, 0.2) is 0 Å². The minimum absolute atomic E-state index is 0.0489. The molecule has 2 aliphatic rings. The van der Waals surface area contributed by atoms with Gasteiger partial charge < -0.3 is 45.2 Å². The Labute approximate surface area is 330 Å². The Balaban J connectivity index is 1.05. The van der Waals surface area contributed by atoms with Crippen molar-refractivity contribution in [2.45, 2.75) is 77.7 Å². The number of aromatic nitrogens is 5. The third-order valence-corrected chi connectivity index (χ3v) is 10.9. The summed E-state index contributed by atoms with van der Waals surface area (Å²) < 4.78 is 9.49. The molecule has 16 heteroatoms. The first kappa shape index (κ1) is 39.1. The first-order chi connectivity index (χ1) is 27.4. The largest absolute Gasteiger partial charge is 0.453 e. The normalized spacial score (nSPS) is 18.0. The van der Waals surface area contributed by atoms with Crippen LogP contribution in [0.3, 0.4) is 0 Å². The number of nitrogens with one attached hydrogen (secondary N) is 5. The highest BCUT2D eigenvalue weighted by atomic mass is 16.5. The van der Waals surface area contributed by atoms with Gasteiger partial charge in [-0.05, 0) is 72.9 Å². The number of likely N-dealkylation sites (tertiary alicyclic amines) is 2. The molecule has 0 unspecified atom stereocenters. The van der Waals surface area contributed by atoms with Gasteiger partial charge in [-0.1, -0.05) is 45.9 Å². The molecule has 2 aromatic carbocycles. The number of carbonyl (C=O) groups excluding carboxylic acids is 4. The second-order valence-electron chi connectivity index (χ2n) is 15.4. The molecule has 0 spiro atoms. The van der Waals surface area contributed by atoms with Crippen LogP contribution in [0.1, 0.15) is 77.1 Å². The van der Waals surface area contributed by atoms with Crippen molar-refractivity contribution in [3.63, 3.8) is 0 Å². The van der Waals surface area contributed by atoms with Crippen LogP contribution in [-0.4, -0.2) is 98.4 Å². The SMILES string of the molecule is COC(=O)N[C@H](NC(=O)N1CCC[C@H]1c1nc2ccc(-c3ccc4cc(-c5cnc([C@@H]6CCCN6C(=O)[C@@H](NC(=O)OC)C(C)C)[nH]5)cnc4c3)cc2[nH]1)C(C)C. The maximum absolute atomic E-state index is 13.6. The zero-order valence-corrected chi connectivity index (χ0v) is 33.1. The van der Waals surface area contributed by atoms with Gasteiger partial charge in [-0.2, -0.15) is 0 Å². The van der Waals surface area contributed by atoms with E-state index in [9.17, 15) is 19.2 Å². The van der Waals surface area contributed by atoms with E-state index in [4.69, 9.17) is 19.4 Å². The molecule has 2 saturated heterocycles. The summed E-state index contributed by atoms with van der Waals surface area (Å²) >= 11 is 0. The molecule has 5 heterocycles. The van der Waals surface area contributed by atoms with Crippen LogP contribution in [0, 0.1) is 11.8 Å². The Morgan fingerprint density at radius 3 is 2.12 bits per heavy atom. The van der Waals surface area contributed by atoms with Crippen LogP contribution in [0.25, 0.3) is 44.3 Å². The first-order valence-electron chi connectivity index (χ1n) is 19.5. The quantitative estimate of drug-likeness (QED) is 0.0996. The van der Waals surface area contributed by atoms with Crippen molar-refractivity contribution < 1.29 is 28.7 Å². The fraction of sp³-hybridized carbons (Fsp3) is 0.439. The molecule has 57 heavy (non-hydrogen) atoms. The van der Waals surface area contributed by atoms with E-state index in [1.165, 1.54) is 14.2 Å². The number of urea groups is 1. The number of imidazole rings is 2. The Kier molecular flexibility index (Phi) is 11.3. The second kappa shape index (κ2) is 16.5. The minimum atomic E-state index is -0.702. The molecule has 7 rings (SSSR count). The van der Waals surface area contributed by atoms with Crippen molar-refractivity contribution in [1.82, 2.24) is 50.7 Å². The molecule has 5 aromatic rings. The van der Waals surface area contributed by atoms with E-state index in [1.54, 1.807) is 16.0 Å². The fourth-order valence-corrected chi connectivity index (χ4v) is 7.73. The lowest BCUT2D eigenvalue weighted by Gasteiger charge is -2.30. The maximum atomic E-state index is 13.6. The van der Waals surface area contributed by atoms with E-state index in [2.05, 4.69) is 55.2 Å². The zero-order valence-electron chi connectivity index (χ0n) is 33.1. The zero-order chi connectivity index (χ0) is 40.4. The van der Waals surface area contributed by atoms with Crippen molar-refractivity contribution in [1.29, 1.82) is 0 Å². The summed E-state index contributed by atoms with van der Waals surface area (Å²) in [7, 11) is 2.58. The summed E-state index contributed by atoms with van der Waals surface area (Å²) in [6, 6.07) is 12.9. The molecule has 16 nitrogen and oxygen atoms in total. The third-order valence-electron chi connectivity index (χ3n) is 10.9. The highest BCUT2D eigenvalue weighted by Crippen LogP contribution is 2.35. The van der Waals surface area contributed by atoms with Gasteiger partial charge in [-0.25, -0.2) is 24.4 Å². The van der Waals surface area contributed by atoms with Crippen molar-refractivity contribution >= 4 is 46.1 Å². The first-order valence-corrected chi connectivity index (χ1v) is 19.5. The van der Waals surface area contributed by atoms with E-state index in [0.29, 0.717) is 24.7 Å². The lowest BCUT2D eigenvalue weighted by atomic mass is 10.0. The van der Waals surface area contributed by atoms with Crippen LogP contribution in [0.4, 0.5) is 14.4 Å². The number of methoxy groups -OCH3 is 2. The highest BCUT2D eigenvalue weighted by molar-refractivity contribution is 5.90. The molecule has 0 saturated carbocycles. The van der Waals surface area contributed by atoms with Crippen LogP contribution >= 0.6 is 0 Å². The van der Waals surface area contributed by atoms with Crippen molar-refractivity contribution in [2.24, 2.45) is 11.8 Å². The molecule has 0 aliphatic carbocycles. The number of fused-ring (bicyclic) bond motifs is 2. The van der Waals surface area contributed by atoms with Crippen LogP contribution in [0.5, 0.6) is 0 Å². The number of alkyl carbamates (subject to hydrolysis) is 2. The number of nitrogens with zero attached hydrogens (tertiary/aromatic N) is 5. The fourth-order valence-electron chi connectivity index (χ4n) is 7.73. The molecule has 4 atom stereocenters. The van der Waals surface area contributed by atoms with Crippen LogP contribution in [0.15, 0.2) is 54.9 Å². The standard InChI is InChI=1S/C41H50N10O6/c1-22(2)34(47-40(54)56-5)38(52)50-15-7-9-32(50)36-43-21-31(46-36)27-17-26-12-11-24(18-29(26)42-20-27)25-13-14-28-30(19-25)45-37(44-28)33-10-8-16-51(33)39(53)48-35(23(3)4)49-41(55)57-6/h11-14,17-23,32-35H,7-10,15-16H2,1-6H3,(H,43,46)(H,44,45)(H,47,54)(H,48,53)(H,49,55)/t32-,33-,34-,35-/m0/s1. The summed E-state index contributed by atoms with van der Waals surface area (Å²) in [5.74, 6) is 1.09. The third kappa shape index (κ3) is 8.20. The molecular formula is C41H50N10O6. The lowest BCUT2D eigenvalue weighted by molar-refractivity contribution is -0.135. The van der Waals surface area contributed by atoms with Gasteiger partial charge in [0.25, 0.3) is 0 Å². The predicted octanol–water partition coefficient (Wildman–Crippen LogP) is 6.40. The monoisotopic (exact) mass is 778 g/mol. The minimum Gasteiger partial charge on any atom is -0.453 e. The average Bonchev–Trinajstić information content (AvgIpc) is 4.04. The van der Waals surface area contributed by atoms with Crippen LogP contribution in [0.2, 0.25) is 0 Å². The van der Waals surface area contributed by atoms with Gasteiger partial charge in [0.05, 0.1) is 54.7 Å². The van der Waals surface area contributed by atoms with Gasteiger partial charge in [-0.15, -0.1) is 0 Å². The second-order valence-corrected chi connectivity index (χ2v) is 15.4. The van der Waals surface area contributed by atoms with Crippen molar-refractivity contribution in [2.75, 3.05) is 27.3 Å². The Bertz CT molecular complexity index is 2280. The number of aromatic amines is 2. The topological polar surface area (TPSA) is 200 Å². The van der Waals surface area contributed by atoms with Gasteiger partial charge >= 0.3 is 18.2 Å². The molecule has 5 N–H and O–H groups in total. The molecule has 5 amide bonds. The smallest absolute Gasteiger partial charge is 0.408 e. The highest BCUT2D eigenvalue weighted by Gasteiger charge is 2.38. The van der Waals surface area contributed by atoms with Crippen molar-refractivity contribution in [3.8, 4) is 22.4 Å². The number of carbonyl (C=O) groups is 4. The number of amides is 5. The van der Waals surface area contributed by atoms with E-state index < -0.39 is 24.4 Å². The van der Waals surface area contributed by atoms with E-state index in [0.717, 1.165) is 70.0 Å². The lowest BCUT2D eigenvalue weighted by Crippen LogP contribution is -2.54. The summed E-state index contributed by atoms with van der Waals surface area (Å²) in [5.41, 5.74) is 6.17. The predicted molar refractivity (Wildman–Crippen MR) is 214 cm³/mol. The molecule has 0 radical (unpaired) electrons. The Hall–Kier alpha value is -6.19. The number of pyridine rings is 1. The Morgan fingerprint density at radius 2 is 1.40 bits per heavy atom. The van der Waals surface area contributed by atoms with Gasteiger partial charge in [0.2, 0.25) is 5.91 Å². The van der Waals surface area contributed by atoms with Crippen LogP contribution in [-0.2, 0) is 14.3 Å². The molecule has 0 bridgehead atoms. The molecule has 300 valence electrons. The Morgan fingerprint density at radius 1 is 0.719 bits per heavy atom.